The number of carbonyl (C=O) groups is 1. The van der Waals surface area contributed by atoms with Crippen molar-refractivity contribution in [3.05, 3.63) is 35.9 Å². The molecule has 0 saturated heterocycles. The van der Waals surface area contributed by atoms with Gasteiger partial charge in [-0.3, -0.25) is 4.79 Å². The highest BCUT2D eigenvalue weighted by atomic mass is 32.2. The minimum atomic E-state index is -0.453. The van der Waals surface area contributed by atoms with Crippen LogP contribution < -0.4 is 11.1 Å². The molecule has 0 aromatic heterocycles. The third-order valence-corrected chi connectivity index (χ3v) is 4.89. The van der Waals surface area contributed by atoms with Gasteiger partial charge in [-0.1, -0.05) is 36.8 Å². The Labute approximate surface area is 119 Å². The van der Waals surface area contributed by atoms with Gasteiger partial charge in [-0.15, -0.1) is 0 Å². The number of carbonyl (C=O) groups excluding carboxylic acids is 1. The van der Waals surface area contributed by atoms with Crippen LogP contribution in [0.15, 0.2) is 30.3 Å². The average molecular weight is 278 g/mol. The fourth-order valence-corrected chi connectivity index (χ4v) is 3.56. The summed E-state index contributed by atoms with van der Waals surface area (Å²) >= 11 is 1.84. The Balaban J connectivity index is 1.85. The van der Waals surface area contributed by atoms with E-state index in [1.807, 2.05) is 42.1 Å². The zero-order valence-electron chi connectivity index (χ0n) is 11.3. The van der Waals surface area contributed by atoms with Gasteiger partial charge in [0.15, 0.2) is 0 Å². The number of nitrogens with two attached hydrogens (primary N) is 1. The summed E-state index contributed by atoms with van der Waals surface area (Å²) < 4.78 is 0. The first-order valence-corrected chi connectivity index (χ1v) is 8.12. The number of benzene rings is 1. The number of thioether (sulfide) groups is 1. The largest absolute Gasteiger partial charge is 0.351 e. The van der Waals surface area contributed by atoms with E-state index in [0.29, 0.717) is 17.7 Å². The normalized spacial score (nSPS) is 24.1. The fraction of sp³-hybridized carbons (Fsp3) is 0.533. The van der Waals surface area contributed by atoms with Gasteiger partial charge in [0.2, 0.25) is 5.91 Å². The molecule has 0 heterocycles. The van der Waals surface area contributed by atoms with Gasteiger partial charge in [0.25, 0.3) is 0 Å². The summed E-state index contributed by atoms with van der Waals surface area (Å²) in [6.45, 7) is 0. The number of hydrogen-bond donors (Lipinski definition) is 2. The molecule has 0 spiro atoms. The van der Waals surface area contributed by atoms with Gasteiger partial charge < -0.3 is 11.1 Å². The van der Waals surface area contributed by atoms with Crippen LogP contribution in [-0.4, -0.2) is 29.5 Å². The lowest BCUT2D eigenvalue weighted by Gasteiger charge is -2.21. The third-order valence-electron chi connectivity index (χ3n) is 3.72. The van der Waals surface area contributed by atoms with Gasteiger partial charge >= 0.3 is 0 Å². The van der Waals surface area contributed by atoms with Crippen LogP contribution >= 0.6 is 11.8 Å². The second-order valence-electron chi connectivity index (χ2n) is 5.12. The average Bonchev–Trinajstić information content (AvgIpc) is 2.87. The van der Waals surface area contributed by atoms with Crippen LogP contribution in [0.2, 0.25) is 0 Å². The van der Waals surface area contributed by atoms with Crippen LogP contribution in [0.1, 0.15) is 24.8 Å². The highest BCUT2D eigenvalue weighted by Crippen LogP contribution is 2.28. The standard InChI is InChI=1S/C15H22N2OS/c1-19-14-9-5-8-13(14)17-15(18)12(16)10-11-6-3-2-4-7-11/h2-4,6-7,12-14H,5,8-10,16H2,1H3,(H,17,18)/t12-,13?,14?/m1/s1. The summed E-state index contributed by atoms with van der Waals surface area (Å²) in [6, 6.07) is 9.77. The van der Waals surface area contributed by atoms with E-state index in [2.05, 4.69) is 11.6 Å². The maximum Gasteiger partial charge on any atom is 0.237 e. The van der Waals surface area contributed by atoms with Crippen LogP contribution in [0.25, 0.3) is 0 Å². The molecule has 2 unspecified atom stereocenters. The molecule has 0 radical (unpaired) electrons. The molecule has 0 bridgehead atoms. The van der Waals surface area contributed by atoms with E-state index in [9.17, 15) is 4.79 Å². The van der Waals surface area contributed by atoms with Crippen molar-refractivity contribution in [2.45, 2.75) is 43.0 Å². The van der Waals surface area contributed by atoms with Crippen LogP contribution in [-0.2, 0) is 11.2 Å². The smallest absolute Gasteiger partial charge is 0.237 e. The van der Waals surface area contributed by atoms with Gasteiger partial charge in [0.05, 0.1) is 6.04 Å². The summed E-state index contributed by atoms with van der Waals surface area (Å²) in [4.78, 5) is 12.1. The first kappa shape index (κ1) is 14.4. The van der Waals surface area contributed by atoms with Crippen molar-refractivity contribution in [3.63, 3.8) is 0 Å². The molecule has 1 aliphatic carbocycles. The van der Waals surface area contributed by atoms with Crippen molar-refractivity contribution in [3.8, 4) is 0 Å². The van der Waals surface area contributed by atoms with E-state index in [4.69, 9.17) is 5.73 Å². The minimum absolute atomic E-state index is 0.0187. The topological polar surface area (TPSA) is 55.1 Å². The Bertz CT molecular complexity index is 410. The Morgan fingerprint density at radius 1 is 1.42 bits per heavy atom. The van der Waals surface area contributed by atoms with Gasteiger partial charge in [-0.25, -0.2) is 0 Å². The number of nitrogens with one attached hydrogen (secondary N) is 1. The SMILES string of the molecule is CSC1CCCC1NC(=O)[C@H](N)Cc1ccccc1. The van der Waals surface area contributed by atoms with E-state index in [0.717, 1.165) is 12.0 Å². The monoisotopic (exact) mass is 278 g/mol. The van der Waals surface area contributed by atoms with Crippen LogP contribution in [0.5, 0.6) is 0 Å². The zero-order chi connectivity index (χ0) is 13.7. The summed E-state index contributed by atoms with van der Waals surface area (Å²) in [5.74, 6) is -0.0187. The van der Waals surface area contributed by atoms with Gasteiger partial charge in [0, 0.05) is 11.3 Å². The predicted octanol–water partition coefficient (Wildman–Crippen LogP) is 1.96. The number of rotatable bonds is 5. The summed E-state index contributed by atoms with van der Waals surface area (Å²) in [5, 5.41) is 3.66. The van der Waals surface area contributed by atoms with Crippen molar-refractivity contribution in [1.82, 2.24) is 5.32 Å². The lowest BCUT2D eigenvalue weighted by Crippen LogP contribution is -2.48. The Kier molecular flexibility index (Phi) is 5.28. The molecule has 19 heavy (non-hydrogen) atoms. The van der Waals surface area contributed by atoms with Gasteiger partial charge in [-0.05, 0) is 31.1 Å². The number of amides is 1. The summed E-state index contributed by atoms with van der Waals surface area (Å²) in [6.07, 6.45) is 6.18. The quantitative estimate of drug-likeness (QED) is 0.865. The van der Waals surface area contributed by atoms with E-state index < -0.39 is 6.04 Å². The fourth-order valence-electron chi connectivity index (χ4n) is 2.62. The maximum absolute atomic E-state index is 12.1. The van der Waals surface area contributed by atoms with Gasteiger partial charge in [0.1, 0.15) is 0 Å². The molecule has 1 aromatic carbocycles. The lowest BCUT2D eigenvalue weighted by molar-refractivity contribution is -0.123. The molecule has 4 heteroatoms. The van der Waals surface area contributed by atoms with E-state index in [1.165, 1.54) is 12.8 Å². The Morgan fingerprint density at radius 3 is 2.84 bits per heavy atom. The number of hydrogen-bond acceptors (Lipinski definition) is 3. The molecular formula is C15H22N2OS. The second-order valence-corrected chi connectivity index (χ2v) is 6.19. The molecule has 104 valence electrons. The highest BCUT2D eigenvalue weighted by Gasteiger charge is 2.29. The molecular weight excluding hydrogens is 256 g/mol. The van der Waals surface area contributed by atoms with E-state index >= 15 is 0 Å². The summed E-state index contributed by atoms with van der Waals surface area (Å²) in [5.41, 5.74) is 7.10. The molecule has 1 saturated carbocycles. The Hall–Kier alpha value is -1.00. The molecule has 1 amide bonds. The molecule has 1 aliphatic rings. The van der Waals surface area contributed by atoms with Crippen molar-refractivity contribution in [2.24, 2.45) is 5.73 Å². The summed E-state index contributed by atoms with van der Waals surface area (Å²) in [7, 11) is 0. The van der Waals surface area contributed by atoms with Crippen LogP contribution in [0, 0.1) is 0 Å². The first-order chi connectivity index (χ1) is 9.20. The third kappa shape index (κ3) is 3.98. The first-order valence-electron chi connectivity index (χ1n) is 6.83. The van der Waals surface area contributed by atoms with Gasteiger partial charge in [-0.2, -0.15) is 11.8 Å². The lowest BCUT2D eigenvalue weighted by atomic mass is 10.1. The predicted molar refractivity (Wildman–Crippen MR) is 81.2 cm³/mol. The molecule has 1 aromatic rings. The van der Waals surface area contributed by atoms with Crippen molar-refractivity contribution < 1.29 is 4.79 Å². The highest BCUT2D eigenvalue weighted by molar-refractivity contribution is 7.99. The maximum atomic E-state index is 12.1. The molecule has 0 aliphatic heterocycles. The van der Waals surface area contributed by atoms with E-state index in [1.54, 1.807) is 0 Å². The van der Waals surface area contributed by atoms with Crippen molar-refractivity contribution in [2.75, 3.05) is 6.26 Å². The van der Waals surface area contributed by atoms with Crippen LogP contribution in [0.4, 0.5) is 0 Å². The zero-order valence-corrected chi connectivity index (χ0v) is 12.2. The molecule has 3 atom stereocenters. The molecule has 2 rings (SSSR count). The molecule has 1 fully saturated rings. The second kappa shape index (κ2) is 6.96. The Morgan fingerprint density at radius 2 is 2.16 bits per heavy atom. The van der Waals surface area contributed by atoms with E-state index in [-0.39, 0.29) is 5.91 Å². The van der Waals surface area contributed by atoms with Crippen LogP contribution in [0.3, 0.4) is 0 Å². The molecule has 3 nitrogen and oxygen atoms in total. The minimum Gasteiger partial charge on any atom is -0.351 e. The van der Waals surface area contributed by atoms with Crippen molar-refractivity contribution >= 4 is 17.7 Å². The molecule has 3 N–H and O–H groups in total. The van der Waals surface area contributed by atoms with Crippen molar-refractivity contribution in [1.29, 1.82) is 0 Å².